The predicted molar refractivity (Wildman–Crippen MR) is 72.0 cm³/mol. The van der Waals surface area contributed by atoms with Crippen LogP contribution < -0.4 is 0 Å². The largest absolute Gasteiger partial charge is 0.455 e. The van der Waals surface area contributed by atoms with Crippen LogP contribution in [0.3, 0.4) is 0 Å². The van der Waals surface area contributed by atoms with Crippen LogP contribution in [0.15, 0.2) is 6.20 Å². The van der Waals surface area contributed by atoms with E-state index in [1.165, 1.54) is 11.3 Å². The molecule has 2 rings (SSSR count). The van der Waals surface area contributed by atoms with E-state index in [9.17, 15) is 4.79 Å². The fourth-order valence-electron chi connectivity index (χ4n) is 1.43. The molecule has 2 heterocycles. The quantitative estimate of drug-likeness (QED) is 0.873. The highest BCUT2D eigenvalue weighted by molar-refractivity contribution is 7.15. The van der Waals surface area contributed by atoms with Crippen molar-refractivity contribution in [3.8, 4) is 10.7 Å². The molecular formula is C12H16N4O2S. The van der Waals surface area contributed by atoms with Crippen molar-refractivity contribution in [3.63, 3.8) is 0 Å². The summed E-state index contributed by atoms with van der Waals surface area (Å²) < 4.78 is 5.29. The van der Waals surface area contributed by atoms with Crippen LogP contribution in [0.25, 0.3) is 10.7 Å². The third kappa shape index (κ3) is 3.17. The zero-order valence-corrected chi connectivity index (χ0v) is 12.2. The number of nitrogens with zero attached hydrogens (tertiary/aromatic N) is 3. The van der Waals surface area contributed by atoms with Gasteiger partial charge < -0.3 is 4.74 Å². The number of H-pyrrole nitrogens is 1. The molecule has 19 heavy (non-hydrogen) atoms. The molecule has 0 aliphatic heterocycles. The number of aromatic nitrogens is 4. The third-order valence-corrected chi connectivity index (χ3v) is 3.39. The first-order valence-corrected chi connectivity index (χ1v) is 6.81. The Labute approximate surface area is 115 Å². The first kappa shape index (κ1) is 13.7. The summed E-state index contributed by atoms with van der Waals surface area (Å²) in [5.41, 5.74) is 0.0518. The van der Waals surface area contributed by atoms with Gasteiger partial charge in [-0.05, 0) is 27.2 Å². The molecule has 0 amide bonds. The van der Waals surface area contributed by atoms with Crippen LogP contribution in [0.4, 0.5) is 0 Å². The van der Waals surface area contributed by atoms with E-state index in [1.807, 2.05) is 20.8 Å². The van der Waals surface area contributed by atoms with E-state index >= 15 is 0 Å². The maximum atomic E-state index is 12.0. The second kappa shape index (κ2) is 5.08. The Morgan fingerprint density at radius 2 is 2.16 bits per heavy atom. The first-order chi connectivity index (χ1) is 8.90. The van der Waals surface area contributed by atoms with Crippen molar-refractivity contribution in [2.75, 3.05) is 0 Å². The van der Waals surface area contributed by atoms with Crippen LogP contribution in [0, 0.1) is 0 Å². The molecule has 2 aromatic heterocycles. The molecule has 0 unspecified atom stereocenters. The summed E-state index contributed by atoms with van der Waals surface area (Å²) >= 11 is 1.50. The molecule has 6 nitrogen and oxygen atoms in total. The Bertz CT molecular complexity index is 583. The van der Waals surface area contributed by atoms with Gasteiger partial charge in [-0.25, -0.2) is 9.78 Å². The molecule has 2 aromatic rings. The number of hydrogen-bond acceptors (Lipinski definition) is 6. The van der Waals surface area contributed by atoms with E-state index in [4.69, 9.17) is 4.74 Å². The molecule has 0 aromatic carbocycles. The number of thiazole rings is 1. The molecule has 0 atom stereocenters. The molecule has 0 bridgehead atoms. The molecule has 0 fully saturated rings. The second-order valence-electron chi connectivity index (χ2n) is 5.01. The monoisotopic (exact) mass is 280 g/mol. The predicted octanol–water partition coefficient (Wildman–Crippen LogP) is 2.45. The summed E-state index contributed by atoms with van der Waals surface area (Å²) in [6.45, 7) is 7.48. The molecule has 102 valence electrons. The van der Waals surface area contributed by atoms with Gasteiger partial charge in [-0.2, -0.15) is 10.3 Å². The van der Waals surface area contributed by atoms with Gasteiger partial charge in [-0.3, -0.25) is 0 Å². The van der Waals surface area contributed by atoms with Crippen LogP contribution in [0.1, 0.15) is 43.1 Å². The highest BCUT2D eigenvalue weighted by Crippen LogP contribution is 2.26. The number of esters is 1. The Balaban J connectivity index is 2.29. The van der Waals surface area contributed by atoms with E-state index in [0.717, 1.165) is 11.3 Å². The van der Waals surface area contributed by atoms with E-state index in [0.29, 0.717) is 10.7 Å². The van der Waals surface area contributed by atoms with Gasteiger partial charge in [0.15, 0.2) is 5.69 Å². The van der Waals surface area contributed by atoms with Crippen LogP contribution in [0.5, 0.6) is 0 Å². The van der Waals surface area contributed by atoms with E-state index < -0.39 is 11.6 Å². The fourth-order valence-corrected chi connectivity index (χ4v) is 2.27. The summed E-state index contributed by atoms with van der Waals surface area (Å²) in [4.78, 5) is 17.4. The van der Waals surface area contributed by atoms with Crippen LogP contribution in [-0.2, 0) is 11.2 Å². The zero-order chi connectivity index (χ0) is 14.0. The SMILES string of the molecule is CCc1cnc(-c2n[nH]nc2C(=O)OC(C)(C)C)s1. The molecule has 0 aliphatic rings. The van der Waals surface area contributed by atoms with Gasteiger partial charge in [-0.15, -0.1) is 16.4 Å². The van der Waals surface area contributed by atoms with E-state index in [2.05, 4.69) is 27.3 Å². The highest BCUT2D eigenvalue weighted by atomic mass is 32.1. The average Bonchev–Trinajstić information content (AvgIpc) is 2.95. The molecule has 0 radical (unpaired) electrons. The maximum Gasteiger partial charge on any atom is 0.361 e. The summed E-state index contributed by atoms with van der Waals surface area (Å²) in [7, 11) is 0. The Hall–Kier alpha value is -1.76. The van der Waals surface area contributed by atoms with Gasteiger partial charge in [0.05, 0.1) is 0 Å². The minimum absolute atomic E-state index is 0.173. The minimum Gasteiger partial charge on any atom is -0.455 e. The van der Waals surface area contributed by atoms with Gasteiger partial charge in [0.1, 0.15) is 10.6 Å². The molecule has 0 spiro atoms. The maximum absolute atomic E-state index is 12.0. The van der Waals surface area contributed by atoms with Gasteiger partial charge in [-0.1, -0.05) is 6.92 Å². The van der Waals surface area contributed by atoms with Crippen LogP contribution >= 0.6 is 11.3 Å². The number of hydrogen-bond donors (Lipinski definition) is 1. The highest BCUT2D eigenvalue weighted by Gasteiger charge is 2.25. The van der Waals surface area contributed by atoms with Crippen LogP contribution in [0.2, 0.25) is 0 Å². The number of ether oxygens (including phenoxy) is 1. The lowest BCUT2D eigenvalue weighted by Crippen LogP contribution is -2.24. The van der Waals surface area contributed by atoms with Crippen LogP contribution in [-0.4, -0.2) is 32.0 Å². The molecular weight excluding hydrogens is 264 g/mol. The summed E-state index contributed by atoms with van der Waals surface area (Å²) in [6, 6.07) is 0. The molecule has 0 saturated heterocycles. The molecule has 0 aliphatic carbocycles. The molecule has 7 heteroatoms. The minimum atomic E-state index is -0.565. The molecule has 1 N–H and O–H groups in total. The van der Waals surface area contributed by atoms with Crippen molar-refractivity contribution in [1.29, 1.82) is 0 Å². The number of nitrogens with one attached hydrogen (secondary N) is 1. The lowest BCUT2D eigenvalue weighted by atomic mass is 10.2. The van der Waals surface area contributed by atoms with Gasteiger partial charge in [0, 0.05) is 11.1 Å². The Kier molecular flexibility index (Phi) is 3.66. The van der Waals surface area contributed by atoms with Crippen molar-refractivity contribution in [1.82, 2.24) is 20.4 Å². The fraction of sp³-hybridized carbons (Fsp3) is 0.500. The Morgan fingerprint density at radius 3 is 2.74 bits per heavy atom. The molecule has 0 saturated carbocycles. The van der Waals surface area contributed by atoms with Crippen molar-refractivity contribution >= 4 is 17.3 Å². The van der Waals surface area contributed by atoms with Gasteiger partial charge in [0.25, 0.3) is 0 Å². The number of aromatic amines is 1. The topological polar surface area (TPSA) is 80.8 Å². The zero-order valence-electron chi connectivity index (χ0n) is 11.4. The van der Waals surface area contributed by atoms with E-state index in [-0.39, 0.29) is 5.69 Å². The summed E-state index contributed by atoms with van der Waals surface area (Å²) in [6.07, 6.45) is 2.69. The second-order valence-corrected chi connectivity index (χ2v) is 6.12. The first-order valence-electron chi connectivity index (χ1n) is 6.00. The number of rotatable bonds is 3. The van der Waals surface area contributed by atoms with Gasteiger partial charge in [0.2, 0.25) is 5.69 Å². The summed E-state index contributed by atoms with van der Waals surface area (Å²) in [5, 5.41) is 11.0. The number of carbonyl (C=O) groups excluding carboxylic acids is 1. The smallest absolute Gasteiger partial charge is 0.361 e. The van der Waals surface area contributed by atoms with Crippen molar-refractivity contribution < 1.29 is 9.53 Å². The van der Waals surface area contributed by atoms with Crippen molar-refractivity contribution in [3.05, 3.63) is 16.8 Å². The number of carbonyl (C=O) groups is 1. The standard InChI is InChI=1S/C12H16N4O2S/c1-5-7-6-13-10(19-7)8-9(15-16-14-8)11(17)18-12(2,3)4/h6H,5H2,1-4H3,(H,14,15,16). The van der Waals surface area contributed by atoms with Crippen molar-refractivity contribution in [2.45, 2.75) is 39.7 Å². The van der Waals surface area contributed by atoms with E-state index in [1.54, 1.807) is 6.20 Å². The van der Waals surface area contributed by atoms with Crippen molar-refractivity contribution in [2.24, 2.45) is 0 Å². The Morgan fingerprint density at radius 1 is 1.42 bits per heavy atom. The number of aryl methyl sites for hydroxylation is 1. The lowest BCUT2D eigenvalue weighted by molar-refractivity contribution is 0.00637. The normalized spacial score (nSPS) is 11.6. The average molecular weight is 280 g/mol. The third-order valence-electron chi connectivity index (χ3n) is 2.24. The lowest BCUT2D eigenvalue weighted by Gasteiger charge is -2.18. The van der Waals surface area contributed by atoms with Gasteiger partial charge >= 0.3 is 5.97 Å². The summed E-state index contributed by atoms with van der Waals surface area (Å²) in [5.74, 6) is -0.496.